The molecule has 0 radical (unpaired) electrons. The quantitative estimate of drug-likeness (QED) is 0.569. The molecule has 0 saturated carbocycles. The average Bonchev–Trinajstić information content (AvgIpc) is 2.30. The number of alkyl halides is 1. The van der Waals surface area contributed by atoms with Crippen molar-refractivity contribution < 1.29 is 13.9 Å². The maximum atomic E-state index is 13.3. The first-order valence-electron chi connectivity index (χ1n) is 4.74. The van der Waals surface area contributed by atoms with E-state index in [0.717, 1.165) is 6.07 Å². The van der Waals surface area contributed by atoms with E-state index >= 15 is 0 Å². The largest absolute Gasteiger partial charge is 0.488 e. The molecule has 3 nitrogen and oxygen atoms in total. The summed E-state index contributed by atoms with van der Waals surface area (Å²) in [6.45, 7) is 1.05. The Labute approximate surface area is 98.3 Å². The SMILES string of the molecule is N#Cc1ccc(OCCOCCCl)c(F)c1. The predicted octanol–water partition coefficient (Wildman–Crippen LogP) is 2.33. The molecule has 0 aliphatic rings. The van der Waals surface area contributed by atoms with Crippen LogP contribution in [0.2, 0.25) is 0 Å². The van der Waals surface area contributed by atoms with Crippen LogP contribution in [0.3, 0.4) is 0 Å². The van der Waals surface area contributed by atoms with Crippen molar-refractivity contribution in [1.82, 2.24) is 0 Å². The number of hydrogen-bond acceptors (Lipinski definition) is 3. The Morgan fingerprint density at radius 2 is 2.12 bits per heavy atom. The Morgan fingerprint density at radius 3 is 2.75 bits per heavy atom. The van der Waals surface area contributed by atoms with Gasteiger partial charge in [-0.3, -0.25) is 0 Å². The van der Waals surface area contributed by atoms with Gasteiger partial charge in [0.2, 0.25) is 0 Å². The highest BCUT2D eigenvalue weighted by Gasteiger charge is 2.04. The third-order valence-electron chi connectivity index (χ3n) is 1.77. The van der Waals surface area contributed by atoms with Gasteiger partial charge in [0.1, 0.15) is 6.61 Å². The summed E-state index contributed by atoms with van der Waals surface area (Å²) in [5, 5.41) is 8.54. The topological polar surface area (TPSA) is 42.2 Å². The highest BCUT2D eigenvalue weighted by molar-refractivity contribution is 6.17. The first-order chi connectivity index (χ1) is 7.77. The predicted molar refractivity (Wildman–Crippen MR) is 58.1 cm³/mol. The van der Waals surface area contributed by atoms with E-state index in [1.807, 2.05) is 6.07 Å². The lowest BCUT2D eigenvalue weighted by Gasteiger charge is -2.07. The third kappa shape index (κ3) is 4.05. The van der Waals surface area contributed by atoms with E-state index in [1.165, 1.54) is 12.1 Å². The molecule has 1 rings (SSSR count). The lowest BCUT2D eigenvalue weighted by Crippen LogP contribution is -2.08. The van der Waals surface area contributed by atoms with Gasteiger partial charge < -0.3 is 9.47 Å². The lowest BCUT2D eigenvalue weighted by molar-refractivity contribution is 0.110. The van der Waals surface area contributed by atoms with Crippen molar-refractivity contribution >= 4 is 11.6 Å². The Kier molecular flexibility index (Phi) is 5.62. The normalized spacial score (nSPS) is 9.81. The maximum Gasteiger partial charge on any atom is 0.166 e. The van der Waals surface area contributed by atoms with Crippen molar-refractivity contribution in [1.29, 1.82) is 5.26 Å². The molecule has 1 aromatic rings. The summed E-state index contributed by atoms with van der Waals surface area (Å²) in [7, 11) is 0. The minimum absolute atomic E-state index is 0.119. The van der Waals surface area contributed by atoms with Gasteiger partial charge in [-0.15, -0.1) is 11.6 Å². The summed E-state index contributed by atoms with van der Waals surface area (Å²) in [6.07, 6.45) is 0. The third-order valence-corrected chi connectivity index (χ3v) is 1.92. The summed E-state index contributed by atoms with van der Waals surface area (Å²) in [6, 6.07) is 5.90. The molecule has 16 heavy (non-hydrogen) atoms. The summed E-state index contributed by atoms with van der Waals surface area (Å²) in [5.74, 6) is -0.00420. The lowest BCUT2D eigenvalue weighted by atomic mass is 10.2. The van der Waals surface area contributed by atoms with Crippen LogP contribution in [0.5, 0.6) is 5.75 Å². The Balaban J connectivity index is 2.40. The van der Waals surface area contributed by atoms with E-state index in [1.54, 1.807) is 0 Å². The van der Waals surface area contributed by atoms with Gasteiger partial charge in [-0.2, -0.15) is 5.26 Å². The molecule has 0 bridgehead atoms. The zero-order chi connectivity index (χ0) is 11.8. The van der Waals surface area contributed by atoms with Gasteiger partial charge in [0, 0.05) is 5.88 Å². The Morgan fingerprint density at radius 1 is 1.31 bits per heavy atom. The fourth-order valence-electron chi connectivity index (χ4n) is 1.05. The zero-order valence-corrected chi connectivity index (χ0v) is 9.34. The molecule has 5 heteroatoms. The van der Waals surface area contributed by atoms with Crippen LogP contribution < -0.4 is 4.74 Å². The second-order valence-corrected chi connectivity index (χ2v) is 3.28. The molecule has 0 atom stereocenters. The average molecular weight is 244 g/mol. The van der Waals surface area contributed by atoms with Crippen LogP contribution in [0.15, 0.2) is 18.2 Å². The van der Waals surface area contributed by atoms with E-state index < -0.39 is 5.82 Å². The van der Waals surface area contributed by atoms with E-state index in [2.05, 4.69) is 0 Å². The first kappa shape index (κ1) is 12.8. The molecule has 0 amide bonds. The molecule has 0 aliphatic carbocycles. The van der Waals surface area contributed by atoms with Crippen molar-refractivity contribution in [2.45, 2.75) is 0 Å². The minimum Gasteiger partial charge on any atom is -0.488 e. The molecule has 0 aromatic heterocycles. The van der Waals surface area contributed by atoms with Gasteiger partial charge >= 0.3 is 0 Å². The monoisotopic (exact) mass is 243 g/mol. The molecule has 0 fully saturated rings. The van der Waals surface area contributed by atoms with Crippen molar-refractivity contribution in [2.24, 2.45) is 0 Å². The van der Waals surface area contributed by atoms with E-state index in [4.69, 9.17) is 26.3 Å². The van der Waals surface area contributed by atoms with Gasteiger partial charge in [0.25, 0.3) is 0 Å². The van der Waals surface area contributed by atoms with Crippen LogP contribution >= 0.6 is 11.6 Å². The molecule has 0 heterocycles. The molecule has 0 unspecified atom stereocenters. The van der Waals surface area contributed by atoms with Crippen LogP contribution in [0.4, 0.5) is 4.39 Å². The smallest absolute Gasteiger partial charge is 0.166 e. The number of benzene rings is 1. The summed E-state index contributed by atoms with van der Waals surface area (Å²) in [5.41, 5.74) is 0.267. The fraction of sp³-hybridized carbons (Fsp3) is 0.364. The van der Waals surface area contributed by atoms with Crippen molar-refractivity contribution in [3.63, 3.8) is 0 Å². The first-order valence-corrected chi connectivity index (χ1v) is 5.27. The molecule has 0 spiro atoms. The number of halogens is 2. The summed E-state index contributed by atoms with van der Waals surface area (Å²) < 4.78 is 23.5. The van der Waals surface area contributed by atoms with Crippen molar-refractivity contribution in [3.05, 3.63) is 29.6 Å². The molecular weight excluding hydrogens is 233 g/mol. The second-order valence-electron chi connectivity index (χ2n) is 2.91. The fourth-order valence-corrected chi connectivity index (χ4v) is 1.16. The molecular formula is C11H11ClFNO2. The minimum atomic E-state index is -0.545. The number of rotatable bonds is 6. The number of ether oxygens (including phenoxy) is 2. The van der Waals surface area contributed by atoms with Gasteiger partial charge in [0.05, 0.1) is 24.8 Å². The van der Waals surface area contributed by atoms with Crippen LogP contribution in [-0.2, 0) is 4.74 Å². The molecule has 0 aliphatic heterocycles. The Hall–Kier alpha value is -1.31. The highest BCUT2D eigenvalue weighted by Crippen LogP contribution is 2.17. The van der Waals surface area contributed by atoms with Crippen molar-refractivity contribution in [2.75, 3.05) is 25.7 Å². The van der Waals surface area contributed by atoms with E-state index in [9.17, 15) is 4.39 Å². The summed E-state index contributed by atoms with van der Waals surface area (Å²) >= 11 is 5.40. The molecule has 0 saturated heterocycles. The van der Waals surface area contributed by atoms with Crippen LogP contribution in [0.25, 0.3) is 0 Å². The highest BCUT2D eigenvalue weighted by atomic mass is 35.5. The Bertz CT molecular complexity index is 379. The molecule has 86 valence electrons. The van der Waals surface area contributed by atoms with Crippen LogP contribution in [-0.4, -0.2) is 25.7 Å². The molecule has 1 aromatic carbocycles. The standard InChI is InChI=1S/C11H11ClFNO2/c12-3-4-15-5-6-16-11-2-1-9(8-14)7-10(11)13/h1-2,7H,3-6H2. The molecule has 0 N–H and O–H groups in total. The van der Waals surface area contributed by atoms with Gasteiger partial charge in [-0.25, -0.2) is 4.39 Å². The van der Waals surface area contributed by atoms with Crippen molar-refractivity contribution in [3.8, 4) is 11.8 Å². The van der Waals surface area contributed by atoms with Crippen LogP contribution in [0, 0.1) is 17.1 Å². The number of nitriles is 1. The van der Waals surface area contributed by atoms with Gasteiger partial charge in [0.15, 0.2) is 11.6 Å². The maximum absolute atomic E-state index is 13.3. The second kappa shape index (κ2) is 7.04. The van der Waals surface area contributed by atoms with E-state index in [0.29, 0.717) is 19.1 Å². The van der Waals surface area contributed by atoms with Gasteiger partial charge in [-0.05, 0) is 18.2 Å². The number of nitrogens with zero attached hydrogens (tertiary/aromatic N) is 1. The summed E-state index contributed by atoms with van der Waals surface area (Å²) in [4.78, 5) is 0. The zero-order valence-electron chi connectivity index (χ0n) is 8.58. The number of hydrogen-bond donors (Lipinski definition) is 0. The van der Waals surface area contributed by atoms with Gasteiger partial charge in [-0.1, -0.05) is 0 Å². The van der Waals surface area contributed by atoms with Crippen LogP contribution in [0.1, 0.15) is 5.56 Å². The van der Waals surface area contributed by atoms with E-state index in [-0.39, 0.29) is 17.9 Å².